The van der Waals surface area contributed by atoms with Crippen LogP contribution in [0, 0.1) is 0 Å². The van der Waals surface area contributed by atoms with E-state index < -0.39 is 60.6 Å². The van der Waals surface area contributed by atoms with Crippen molar-refractivity contribution in [3.8, 4) is 17.2 Å². The van der Waals surface area contributed by atoms with Crippen molar-refractivity contribution in [3.63, 3.8) is 0 Å². The van der Waals surface area contributed by atoms with E-state index in [4.69, 9.17) is 18.9 Å². The molecule has 0 bridgehead atoms. The number of ether oxygens (including phenoxy) is 4. The van der Waals surface area contributed by atoms with E-state index in [1.165, 1.54) is 13.2 Å². The van der Waals surface area contributed by atoms with Crippen LogP contribution < -0.4 is 4.74 Å². The second-order valence-electron chi connectivity index (χ2n) is 7.56. The predicted octanol–water partition coefficient (Wildman–Crippen LogP) is 1.06. The number of methoxy groups -OCH3 is 1. The highest BCUT2D eigenvalue weighted by Gasteiger charge is 2.52. The molecule has 0 radical (unpaired) electrons. The zero-order valence-corrected chi connectivity index (χ0v) is 17.5. The van der Waals surface area contributed by atoms with Crippen LogP contribution in [-0.2, 0) is 19.0 Å². The van der Waals surface area contributed by atoms with Gasteiger partial charge in [0.1, 0.15) is 31.0 Å². The molecule has 10 heteroatoms. The Morgan fingerprint density at radius 2 is 1.88 bits per heavy atom. The molecule has 0 aliphatic carbocycles. The number of aliphatic hydroxyl groups excluding tert-OH is 2. The zero-order valence-electron chi connectivity index (χ0n) is 17.5. The fraction of sp³-hybridized carbons (Fsp3) is 0.304. The highest BCUT2D eigenvalue weighted by Crippen LogP contribution is 2.49. The number of hydrogen-bond acceptors (Lipinski definition) is 10. The summed E-state index contributed by atoms with van der Waals surface area (Å²) in [6, 6.07) is 10.1. The molecule has 1 fully saturated rings. The van der Waals surface area contributed by atoms with Crippen molar-refractivity contribution in [2.45, 2.75) is 30.5 Å². The smallest absolute Gasteiger partial charge is 0.339 e. The normalized spacial score (nSPS) is 26.3. The van der Waals surface area contributed by atoms with Crippen LogP contribution in [0.15, 0.2) is 42.5 Å². The number of phenolic OH excluding ortho intramolecular Hbond substituents is 2. The van der Waals surface area contributed by atoms with Gasteiger partial charge < -0.3 is 39.4 Å². The number of hydrogen-bond donors (Lipinski definition) is 4. The monoisotopic (exact) mass is 458 g/mol. The Hall–Kier alpha value is -3.60. The lowest BCUT2D eigenvalue weighted by molar-refractivity contribution is -0.237. The Balaban J connectivity index is 1.54. The first-order valence-electron chi connectivity index (χ1n) is 10.1. The van der Waals surface area contributed by atoms with Crippen LogP contribution in [0.1, 0.15) is 27.6 Å². The summed E-state index contributed by atoms with van der Waals surface area (Å²) in [6.07, 6.45) is -4.13. The van der Waals surface area contributed by atoms with Crippen LogP contribution in [0.4, 0.5) is 0 Å². The molecule has 2 aliphatic heterocycles. The van der Waals surface area contributed by atoms with E-state index in [2.05, 4.69) is 0 Å². The van der Waals surface area contributed by atoms with Crippen LogP contribution in [0.25, 0.3) is 6.08 Å². The van der Waals surface area contributed by atoms with Gasteiger partial charge in [0.15, 0.2) is 17.6 Å². The van der Waals surface area contributed by atoms with E-state index in [1.54, 1.807) is 18.2 Å². The van der Waals surface area contributed by atoms with E-state index in [1.807, 2.05) is 18.2 Å². The van der Waals surface area contributed by atoms with Crippen LogP contribution in [0.2, 0.25) is 0 Å². The maximum absolute atomic E-state index is 12.4. The van der Waals surface area contributed by atoms with Gasteiger partial charge >= 0.3 is 11.9 Å². The lowest BCUT2D eigenvalue weighted by Gasteiger charge is -2.44. The van der Waals surface area contributed by atoms with Gasteiger partial charge in [0.05, 0.1) is 12.7 Å². The molecule has 10 nitrogen and oxygen atoms in total. The van der Waals surface area contributed by atoms with Crippen molar-refractivity contribution >= 4 is 18.0 Å². The largest absolute Gasteiger partial charge is 0.504 e. The van der Waals surface area contributed by atoms with Gasteiger partial charge in [-0.1, -0.05) is 30.3 Å². The van der Waals surface area contributed by atoms with Crippen LogP contribution in [0.3, 0.4) is 0 Å². The average molecular weight is 458 g/mol. The summed E-state index contributed by atoms with van der Waals surface area (Å²) >= 11 is 0. The van der Waals surface area contributed by atoms with Crippen LogP contribution in [0.5, 0.6) is 17.2 Å². The molecule has 2 aromatic rings. The molecule has 4 rings (SSSR count). The fourth-order valence-corrected chi connectivity index (χ4v) is 3.88. The minimum absolute atomic E-state index is 0.0721. The first-order chi connectivity index (χ1) is 15.8. The summed E-state index contributed by atoms with van der Waals surface area (Å²) in [6.45, 7) is -0.418. The Bertz CT molecular complexity index is 1080. The molecule has 0 spiro atoms. The van der Waals surface area contributed by atoms with Gasteiger partial charge in [-0.15, -0.1) is 0 Å². The third kappa shape index (κ3) is 4.23. The quantitative estimate of drug-likeness (QED) is 0.378. The number of phenols is 2. The fourth-order valence-electron chi connectivity index (χ4n) is 3.88. The molecule has 1 saturated heterocycles. The number of aliphatic hydroxyl groups is 2. The number of esters is 2. The number of carbonyl (C=O) groups is 2. The number of benzene rings is 2. The van der Waals surface area contributed by atoms with E-state index in [9.17, 15) is 30.0 Å². The predicted molar refractivity (Wildman–Crippen MR) is 112 cm³/mol. The van der Waals surface area contributed by atoms with E-state index in [-0.39, 0.29) is 16.9 Å². The summed E-state index contributed by atoms with van der Waals surface area (Å²) < 4.78 is 21.1. The third-order valence-electron chi connectivity index (χ3n) is 5.51. The summed E-state index contributed by atoms with van der Waals surface area (Å²) in [5.41, 5.74) is 0.532. The number of aromatic hydroxyl groups is 2. The maximum Gasteiger partial charge on any atom is 0.339 e. The van der Waals surface area contributed by atoms with E-state index in [0.717, 1.165) is 11.6 Å². The first-order valence-corrected chi connectivity index (χ1v) is 10.1. The van der Waals surface area contributed by atoms with Gasteiger partial charge in [0, 0.05) is 11.6 Å². The zero-order chi connectivity index (χ0) is 23.7. The van der Waals surface area contributed by atoms with Crippen molar-refractivity contribution in [2.24, 2.45) is 0 Å². The minimum Gasteiger partial charge on any atom is -0.504 e. The highest BCUT2D eigenvalue weighted by molar-refractivity contribution is 5.95. The van der Waals surface area contributed by atoms with E-state index >= 15 is 0 Å². The lowest BCUT2D eigenvalue weighted by atomic mass is 9.86. The summed E-state index contributed by atoms with van der Waals surface area (Å²) in [4.78, 5) is 24.5. The average Bonchev–Trinajstić information content (AvgIpc) is 2.81. The molecule has 0 saturated carbocycles. The summed E-state index contributed by atoms with van der Waals surface area (Å²) in [7, 11) is 1.21. The van der Waals surface area contributed by atoms with Crippen molar-refractivity contribution in [1.82, 2.24) is 0 Å². The molecule has 0 aromatic heterocycles. The molecular weight excluding hydrogens is 436 g/mol. The van der Waals surface area contributed by atoms with Crippen LogP contribution in [-0.4, -0.2) is 70.5 Å². The van der Waals surface area contributed by atoms with Gasteiger partial charge in [0.25, 0.3) is 0 Å². The van der Waals surface area contributed by atoms with Crippen molar-refractivity contribution in [3.05, 3.63) is 59.2 Å². The Kier molecular flexibility index (Phi) is 6.23. The minimum atomic E-state index is -1.59. The van der Waals surface area contributed by atoms with Crippen LogP contribution >= 0.6 is 0 Å². The SMILES string of the molecule is COc1c(O)cc2c(c1O)[C@@H]1O[C@H](COC(=O)/C=C/c3ccccc3)[C@@H](O)[C@H](O)[C@H]1OC2=O. The molecule has 2 heterocycles. The number of rotatable bonds is 5. The van der Waals surface area contributed by atoms with Gasteiger partial charge in [-0.2, -0.15) is 0 Å². The second kappa shape index (κ2) is 9.10. The van der Waals surface area contributed by atoms with Gasteiger partial charge in [-0.05, 0) is 17.7 Å². The third-order valence-corrected chi connectivity index (χ3v) is 5.51. The molecule has 33 heavy (non-hydrogen) atoms. The second-order valence-corrected chi connectivity index (χ2v) is 7.56. The van der Waals surface area contributed by atoms with Gasteiger partial charge in [-0.25, -0.2) is 9.59 Å². The Morgan fingerprint density at radius 3 is 2.58 bits per heavy atom. The number of carbonyl (C=O) groups excluding carboxylic acids is 2. The molecule has 0 amide bonds. The molecule has 0 unspecified atom stereocenters. The molecule has 174 valence electrons. The van der Waals surface area contributed by atoms with E-state index in [0.29, 0.717) is 0 Å². The molecule has 2 aliphatic rings. The van der Waals surface area contributed by atoms with Crippen molar-refractivity contribution in [1.29, 1.82) is 0 Å². The Morgan fingerprint density at radius 1 is 1.15 bits per heavy atom. The molecule has 4 N–H and O–H groups in total. The Labute approximate surface area is 188 Å². The summed E-state index contributed by atoms with van der Waals surface area (Å²) in [5.74, 6) is -2.97. The van der Waals surface area contributed by atoms with Crippen molar-refractivity contribution in [2.75, 3.05) is 13.7 Å². The summed E-state index contributed by atoms with van der Waals surface area (Å²) in [5, 5.41) is 41.6. The maximum atomic E-state index is 12.4. The molecule has 5 atom stereocenters. The molecule has 2 aromatic carbocycles. The molecular formula is C23H22O10. The lowest BCUT2D eigenvalue weighted by Crippen LogP contribution is -2.58. The topological polar surface area (TPSA) is 152 Å². The van der Waals surface area contributed by atoms with Gasteiger partial charge in [0.2, 0.25) is 5.75 Å². The highest BCUT2D eigenvalue weighted by atomic mass is 16.6. The standard InChI is InChI=1S/C23H22O10/c1-30-20-13(24)9-12-16(18(20)27)21-22(33-23(12)29)19(28)17(26)14(32-21)10-31-15(25)8-7-11-5-3-2-4-6-11/h2-9,14,17,19,21-22,24,26-28H,10H2,1H3/b8-7+/t14-,17-,19+,21+,22-/m1/s1. The van der Waals surface area contributed by atoms with Gasteiger partial charge in [-0.3, -0.25) is 0 Å². The number of fused-ring (bicyclic) bond motifs is 3. The van der Waals surface area contributed by atoms with Crippen molar-refractivity contribution < 1.29 is 49.0 Å². The first kappa shape index (κ1) is 22.6.